The SMILES string of the molecule is Cc1ccc(O)c(/C=N/N=C/c2cc(C)ccc2O)c1. The fourth-order valence-electron chi connectivity index (χ4n) is 1.75. The third-order valence-electron chi connectivity index (χ3n) is 2.83. The summed E-state index contributed by atoms with van der Waals surface area (Å²) in [6.07, 6.45) is 2.96. The minimum absolute atomic E-state index is 0.160. The zero-order chi connectivity index (χ0) is 14.5. The van der Waals surface area contributed by atoms with Crippen molar-refractivity contribution in [2.75, 3.05) is 0 Å². The molecule has 20 heavy (non-hydrogen) atoms. The molecule has 2 aromatic carbocycles. The molecule has 4 heteroatoms. The maximum atomic E-state index is 9.65. The molecular formula is C16H16N2O2. The van der Waals surface area contributed by atoms with Gasteiger partial charge in [0.1, 0.15) is 11.5 Å². The molecule has 0 atom stereocenters. The number of hydrogen-bond acceptors (Lipinski definition) is 4. The van der Waals surface area contributed by atoms with Gasteiger partial charge in [-0.1, -0.05) is 23.3 Å². The maximum Gasteiger partial charge on any atom is 0.124 e. The third-order valence-corrected chi connectivity index (χ3v) is 2.83. The van der Waals surface area contributed by atoms with E-state index in [-0.39, 0.29) is 11.5 Å². The average Bonchev–Trinajstić information content (AvgIpc) is 2.42. The Morgan fingerprint density at radius 3 is 1.55 bits per heavy atom. The van der Waals surface area contributed by atoms with E-state index in [0.29, 0.717) is 11.1 Å². The first-order valence-corrected chi connectivity index (χ1v) is 6.22. The van der Waals surface area contributed by atoms with Crippen LogP contribution in [0.3, 0.4) is 0 Å². The second-order valence-corrected chi connectivity index (χ2v) is 4.61. The lowest BCUT2D eigenvalue weighted by Gasteiger charge is -1.99. The molecule has 102 valence electrons. The Kier molecular flexibility index (Phi) is 4.15. The highest BCUT2D eigenvalue weighted by atomic mass is 16.3. The van der Waals surface area contributed by atoms with Crippen LogP contribution < -0.4 is 0 Å². The summed E-state index contributed by atoms with van der Waals surface area (Å²) >= 11 is 0. The van der Waals surface area contributed by atoms with Crippen LogP contribution in [0.4, 0.5) is 0 Å². The summed E-state index contributed by atoms with van der Waals surface area (Å²) in [5.41, 5.74) is 3.28. The minimum atomic E-state index is 0.160. The highest BCUT2D eigenvalue weighted by Gasteiger charge is 1.98. The smallest absolute Gasteiger partial charge is 0.124 e. The van der Waals surface area contributed by atoms with Crippen molar-refractivity contribution in [1.82, 2.24) is 0 Å². The zero-order valence-corrected chi connectivity index (χ0v) is 11.4. The molecule has 2 rings (SSSR count). The van der Waals surface area contributed by atoms with Crippen LogP contribution in [-0.2, 0) is 0 Å². The monoisotopic (exact) mass is 268 g/mol. The number of phenolic OH excluding ortho intramolecular Hbond substituents is 2. The van der Waals surface area contributed by atoms with Gasteiger partial charge in [-0.3, -0.25) is 0 Å². The average molecular weight is 268 g/mol. The normalized spacial score (nSPS) is 11.5. The Morgan fingerprint density at radius 1 is 0.750 bits per heavy atom. The summed E-state index contributed by atoms with van der Waals surface area (Å²) in [6.45, 7) is 3.87. The van der Waals surface area contributed by atoms with Gasteiger partial charge in [-0.2, -0.15) is 10.2 Å². The summed E-state index contributed by atoms with van der Waals surface area (Å²) in [6, 6.07) is 10.5. The molecule has 4 nitrogen and oxygen atoms in total. The van der Waals surface area contributed by atoms with Crippen LogP contribution in [0, 0.1) is 13.8 Å². The number of nitrogens with zero attached hydrogens (tertiary/aromatic N) is 2. The van der Waals surface area contributed by atoms with E-state index in [1.807, 2.05) is 38.1 Å². The van der Waals surface area contributed by atoms with Crippen molar-refractivity contribution in [3.63, 3.8) is 0 Å². The Bertz CT molecular complexity index is 617. The van der Waals surface area contributed by atoms with Gasteiger partial charge < -0.3 is 10.2 Å². The zero-order valence-electron chi connectivity index (χ0n) is 11.4. The Hall–Kier alpha value is -2.62. The van der Waals surface area contributed by atoms with Gasteiger partial charge in [-0.15, -0.1) is 0 Å². The van der Waals surface area contributed by atoms with E-state index in [0.717, 1.165) is 11.1 Å². The van der Waals surface area contributed by atoms with Gasteiger partial charge in [0.25, 0.3) is 0 Å². The summed E-state index contributed by atoms with van der Waals surface area (Å²) in [7, 11) is 0. The second-order valence-electron chi connectivity index (χ2n) is 4.61. The summed E-state index contributed by atoms with van der Waals surface area (Å²) in [4.78, 5) is 0. The van der Waals surface area contributed by atoms with E-state index in [2.05, 4.69) is 10.2 Å². The highest BCUT2D eigenvalue weighted by Crippen LogP contribution is 2.17. The largest absolute Gasteiger partial charge is 0.507 e. The van der Waals surface area contributed by atoms with E-state index in [9.17, 15) is 10.2 Å². The fourth-order valence-corrected chi connectivity index (χ4v) is 1.75. The molecule has 0 bridgehead atoms. The molecule has 0 aliphatic heterocycles. The van der Waals surface area contributed by atoms with Crippen molar-refractivity contribution >= 4 is 12.4 Å². The molecule has 0 saturated heterocycles. The predicted octanol–water partition coefficient (Wildman–Crippen LogP) is 3.17. The first-order chi connectivity index (χ1) is 9.56. The molecule has 0 spiro atoms. The van der Waals surface area contributed by atoms with Gasteiger partial charge in [0, 0.05) is 11.1 Å². The van der Waals surface area contributed by atoms with E-state index < -0.39 is 0 Å². The quantitative estimate of drug-likeness (QED) is 0.663. The lowest BCUT2D eigenvalue weighted by Crippen LogP contribution is -1.85. The van der Waals surface area contributed by atoms with Crippen LogP contribution in [0.2, 0.25) is 0 Å². The van der Waals surface area contributed by atoms with Crippen molar-refractivity contribution in [3.05, 3.63) is 58.7 Å². The topological polar surface area (TPSA) is 65.2 Å². The van der Waals surface area contributed by atoms with Gasteiger partial charge in [0.15, 0.2) is 0 Å². The molecule has 0 heterocycles. The molecule has 0 aromatic heterocycles. The molecule has 2 N–H and O–H groups in total. The standard InChI is InChI=1S/C16H16N2O2/c1-11-3-5-15(19)13(7-11)9-17-18-10-14-8-12(2)4-6-16(14)20/h3-10,19-20H,1-2H3/b17-9+,18-10+. The van der Waals surface area contributed by atoms with Crippen molar-refractivity contribution in [1.29, 1.82) is 0 Å². The van der Waals surface area contributed by atoms with Crippen LogP contribution in [0.15, 0.2) is 46.6 Å². The third kappa shape index (κ3) is 3.45. The molecule has 0 unspecified atom stereocenters. The molecule has 0 fully saturated rings. The Morgan fingerprint density at radius 2 is 1.15 bits per heavy atom. The summed E-state index contributed by atoms with van der Waals surface area (Å²) in [5, 5.41) is 27.1. The minimum Gasteiger partial charge on any atom is -0.507 e. The van der Waals surface area contributed by atoms with Gasteiger partial charge in [-0.25, -0.2) is 0 Å². The first kappa shape index (κ1) is 13.8. The van der Waals surface area contributed by atoms with Crippen molar-refractivity contribution in [3.8, 4) is 11.5 Å². The highest BCUT2D eigenvalue weighted by molar-refractivity contribution is 5.86. The second kappa shape index (κ2) is 6.02. The molecule has 0 aliphatic carbocycles. The molecular weight excluding hydrogens is 252 g/mol. The molecule has 2 aromatic rings. The van der Waals surface area contributed by atoms with Crippen LogP contribution in [0.5, 0.6) is 11.5 Å². The summed E-state index contributed by atoms with van der Waals surface area (Å²) < 4.78 is 0. The Labute approximate surface area is 117 Å². The first-order valence-electron chi connectivity index (χ1n) is 6.22. The summed E-state index contributed by atoms with van der Waals surface area (Å²) in [5.74, 6) is 0.320. The van der Waals surface area contributed by atoms with E-state index >= 15 is 0 Å². The predicted molar refractivity (Wildman–Crippen MR) is 80.9 cm³/mol. The number of hydrogen-bond donors (Lipinski definition) is 2. The fraction of sp³-hybridized carbons (Fsp3) is 0.125. The number of phenols is 2. The molecule has 0 amide bonds. The van der Waals surface area contributed by atoms with Crippen LogP contribution in [0.25, 0.3) is 0 Å². The van der Waals surface area contributed by atoms with Gasteiger partial charge >= 0.3 is 0 Å². The molecule has 0 radical (unpaired) electrons. The number of benzene rings is 2. The van der Waals surface area contributed by atoms with Gasteiger partial charge in [0.2, 0.25) is 0 Å². The molecule has 0 saturated carbocycles. The number of rotatable bonds is 3. The number of aryl methyl sites for hydroxylation is 2. The van der Waals surface area contributed by atoms with Gasteiger partial charge in [-0.05, 0) is 38.1 Å². The lowest BCUT2D eigenvalue weighted by atomic mass is 10.1. The van der Waals surface area contributed by atoms with Gasteiger partial charge in [0.05, 0.1) is 12.4 Å². The van der Waals surface area contributed by atoms with Crippen molar-refractivity contribution in [2.45, 2.75) is 13.8 Å². The lowest BCUT2D eigenvalue weighted by molar-refractivity contribution is 0.473. The molecule has 0 aliphatic rings. The maximum absolute atomic E-state index is 9.65. The van der Waals surface area contributed by atoms with E-state index in [1.165, 1.54) is 12.4 Å². The van der Waals surface area contributed by atoms with Crippen molar-refractivity contribution in [2.24, 2.45) is 10.2 Å². The number of aromatic hydroxyl groups is 2. The van der Waals surface area contributed by atoms with Crippen LogP contribution >= 0.6 is 0 Å². The Balaban J connectivity index is 2.15. The van der Waals surface area contributed by atoms with Crippen LogP contribution in [0.1, 0.15) is 22.3 Å². The van der Waals surface area contributed by atoms with E-state index in [4.69, 9.17) is 0 Å². The van der Waals surface area contributed by atoms with E-state index in [1.54, 1.807) is 12.1 Å². The van der Waals surface area contributed by atoms with Crippen molar-refractivity contribution < 1.29 is 10.2 Å². The van der Waals surface area contributed by atoms with Crippen LogP contribution in [-0.4, -0.2) is 22.6 Å².